The van der Waals surface area contributed by atoms with E-state index in [0.29, 0.717) is 12.0 Å². The third-order valence-electron chi connectivity index (χ3n) is 3.88. The molecule has 0 saturated heterocycles. The Balaban J connectivity index is 1.58. The molecule has 1 aliphatic rings. The highest BCUT2D eigenvalue weighted by Crippen LogP contribution is 2.38. The van der Waals surface area contributed by atoms with E-state index >= 15 is 0 Å². The van der Waals surface area contributed by atoms with E-state index < -0.39 is 0 Å². The van der Waals surface area contributed by atoms with Gasteiger partial charge in [-0.2, -0.15) is 0 Å². The Morgan fingerprint density at radius 2 is 1.85 bits per heavy atom. The number of rotatable bonds is 3. The second-order valence-corrected chi connectivity index (χ2v) is 5.72. The maximum absolute atomic E-state index is 5.91. The average molecular weight is 282 g/mol. The Kier molecular flexibility index (Phi) is 3.67. The van der Waals surface area contributed by atoms with Crippen molar-refractivity contribution >= 4 is 17.3 Å². The van der Waals surface area contributed by atoms with Crippen LogP contribution in [-0.4, -0.2) is 6.04 Å². The first-order valence-corrected chi connectivity index (χ1v) is 7.21. The van der Waals surface area contributed by atoms with Crippen LogP contribution in [-0.2, 0) is 0 Å². The molecule has 1 fully saturated rings. The number of hydrogen-bond acceptors (Lipinski definition) is 1. The van der Waals surface area contributed by atoms with Crippen molar-refractivity contribution in [1.82, 2.24) is 0 Å². The van der Waals surface area contributed by atoms with Gasteiger partial charge in [0.05, 0.1) is 0 Å². The fourth-order valence-electron chi connectivity index (χ4n) is 2.68. The Bertz CT molecular complexity index is 633. The van der Waals surface area contributed by atoms with E-state index in [0.717, 1.165) is 29.1 Å². The molecule has 2 heteroatoms. The van der Waals surface area contributed by atoms with Crippen LogP contribution >= 0.6 is 11.6 Å². The van der Waals surface area contributed by atoms with Gasteiger partial charge in [-0.3, -0.25) is 0 Å². The molecule has 1 nitrogen and oxygen atoms in total. The Morgan fingerprint density at radius 3 is 2.55 bits per heavy atom. The van der Waals surface area contributed by atoms with Gasteiger partial charge in [0.15, 0.2) is 0 Å². The summed E-state index contributed by atoms with van der Waals surface area (Å²) < 4.78 is 0. The van der Waals surface area contributed by atoms with Gasteiger partial charge in [0.1, 0.15) is 0 Å². The third kappa shape index (κ3) is 2.81. The minimum absolute atomic E-state index is 0.531. The first-order valence-electron chi connectivity index (χ1n) is 6.83. The maximum Gasteiger partial charge on any atom is 0.0406 e. The van der Waals surface area contributed by atoms with E-state index in [4.69, 9.17) is 18.0 Å². The molecule has 0 aromatic heterocycles. The summed E-state index contributed by atoms with van der Waals surface area (Å²) in [5.74, 6) is 3.30. The van der Waals surface area contributed by atoms with Crippen molar-refractivity contribution in [2.24, 2.45) is 0 Å². The largest absolute Gasteiger partial charge is 0.382 e. The molecule has 20 heavy (non-hydrogen) atoms. The summed E-state index contributed by atoms with van der Waals surface area (Å²) in [7, 11) is 0. The molecular weight excluding hydrogens is 266 g/mol. The van der Waals surface area contributed by atoms with Gasteiger partial charge in [-0.1, -0.05) is 35.7 Å². The molecule has 0 spiro atoms. The lowest BCUT2D eigenvalue weighted by Gasteiger charge is -2.37. The van der Waals surface area contributed by atoms with E-state index in [-0.39, 0.29) is 0 Å². The lowest BCUT2D eigenvalue weighted by atomic mass is 9.76. The molecule has 3 rings (SSSR count). The number of benzene rings is 2. The van der Waals surface area contributed by atoms with Crippen LogP contribution in [0.1, 0.15) is 29.9 Å². The molecule has 1 aliphatic carbocycles. The molecule has 0 atom stereocenters. The summed E-state index contributed by atoms with van der Waals surface area (Å²) in [5.41, 5.74) is 3.41. The molecule has 2 aromatic rings. The topological polar surface area (TPSA) is 12.0 Å². The standard InChI is InChI=1S/C18H16ClN/c1-2-13-4-3-5-17(10-13)20-18-11-15(12-18)14-6-8-16(19)9-7-14/h1,3-10,15,18,20H,11-12H2. The van der Waals surface area contributed by atoms with Gasteiger partial charge in [0, 0.05) is 22.3 Å². The van der Waals surface area contributed by atoms with Crippen molar-refractivity contribution in [2.75, 3.05) is 5.32 Å². The molecule has 2 aromatic carbocycles. The van der Waals surface area contributed by atoms with Crippen molar-refractivity contribution in [3.05, 3.63) is 64.7 Å². The number of terminal acetylenes is 1. The summed E-state index contributed by atoms with van der Waals surface area (Å²) in [6, 6.07) is 16.7. The van der Waals surface area contributed by atoms with Crippen LogP contribution in [0.25, 0.3) is 0 Å². The normalized spacial score (nSPS) is 20.8. The number of nitrogens with one attached hydrogen (secondary N) is 1. The van der Waals surface area contributed by atoms with Gasteiger partial charge in [-0.15, -0.1) is 6.42 Å². The minimum atomic E-state index is 0.531. The highest BCUT2D eigenvalue weighted by molar-refractivity contribution is 6.30. The number of hydrogen-bond donors (Lipinski definition) is 1. The van der Waals surface area contributed by atoms with Crippen LogP contribution in [0.2, 0.25) is 5.02 Å². The minimum Gasteiger partial charge on any atom is -0.382 e. The van der Waals surface area contributed by atoms with Crippen molar-refractivity contribution in [3.8, 4) is 12.3 Å². The fraction of sp³-hybridized carbons (Fsp3) is 0.222. The smallest absolute Gasteiger partial charge is 0.0406 e. The third-order valence-corrected chi connectivity index (χ3v) is 4.13. The summed E-state index contributed by atoms with van der Waals surface area (Å²) in [4.78, 5) is 0. The van der Waals surface area contributed by atoms with Crippen LogP contribution in [0.3, 0.4) is 0 Å². The Hall–Kier alpha value is -1.91. The zero-order valence-corrected chi connectivity index (χ0v) is 11.9. The van der Waals surface area contributed by atoms with Crippen LogP contribution in [0.15, 0.2) is 48.5 Å². The molecular formula is C18H16ClN. The molecule has 0 radical (unpaired) electrons. The second kappa shape index (κ2) is 5.61. The summed E-state index contributed by atoms with van der Waals surface area (Å²) in [6.45, 7) is 0. The van der Waals surface area contributed by atoms with Crippen LogP contribution in [0, 0.1) is 12.3 Å². The Labute approximate surface area is 125 Å². The number of anilines is 1. The van der Waals surface area contributed by atoms with Crippen LogP contribution < -0.4 is 5.32 Å². The van der Waals surface area contributed by atoms with Crippen molar-refractivity contribution < 1.29 is 0 Å². The highest BCUT2D eigenvalue weighted by Gasteiger charge is 2.30. The van der Waals surface area contributed by atoms with Crippen molar-refractivity contribution in [3.63, 3.8) is 0 Å². The first kappa shape index (κ1) is 13.1. The highest BCUT2D eigenvalue weighted by atomic mass is 35.5. The molecule has 100 valence electrons. The molecule has 0 amide bonds. The van der Waals surface area contributed by atoms with Gasteiger partial charge in [-0.25, -0.2) is 0 Å². The van der Waals surface area contributed by atoms with Gasteiger partial charge in [0.2, 0.25) is 0 Å². The molecule has 0 heterocycles. The second-order valence-electron chi connectivity index (χ2n) is 5.29. The van der Waals surface area contributed by atoms with Gasteiger partial charge in [-0.05, 0) is 54.7 Å². The average Bonchev–Trinajstić information content (AvgIpc) is 2.44. The van der Waals surface area contributed by atoms with Crippen LogP contribution in [0.5, 0.6) is 0 Å². The van der Waals surface area contributed by atoms with Gasteiger partial charge < -0.3 is 5.32 Å². The zero-order valence-electron chi connectivity index (χ0n) is 11.1. The van der Waals surface area contributed by atoms with E-state index in [2.05, 4.69) is 29.4 Å². The van der Waals surface area contributed by atoms with Crippen molar-refractivity contribution in [2.45, 2.75) is 24.8 Å². The number of halogens is 1. The molecule has 0 aliphatic heterocycles. The van der Waals surface area contributed by atoms with Gasteiger partial charge >= 0.3 is 0 Å². The van der Waals surface area contributed by atoms with E-state index in [1.54, 1.807) is 0 Å². The molecule has 0 unspecified atom stereocenters. The zero-order chi connectivity index (χ0) is 13.9. The quantitative estimate of drug-likeness (QED) is 0.806. The van der Waals surface area contributed by atoms with E-state index in [9.17, 15) is 0 Å². The monoisotopic (exact) mass is 281 g/mol. The fourth-order valence-corrected chi connectivity index (χ4v) is 2.80. The van der Waals surface area contributed by atoms with Crippen LogP contribution in [0.4, 0.5) is 5.69 Å². The van der Waals surface area contributed by atoms with E-state index in [1.807, 2.05) is 30.3 Å². The molecule has 1 N–H and O–H groups in total. The molecule has 0 bridgehead atoms. The van der Waals surface area contributed by atoms with Gasteiger partial charge in [0.25, 0.3) is 0 Å². The first-order chi connectivity index (χ1) is 9.74. The lowest BCUT2D eigenvalue weighted by Crippen LogP contribution is -2.33. The van der Waals surface area contributed by atoms with Crippen molar-refractivity contribution in [1.29, 1.82) is 0 Å². The lowest BCUT2D eigenvalue weighted by molar-refractivity contribution is 0.374. The predicted octanol–water partition coefficient (Wildman–Crippen LogP) is 4.68. The predicted molar refractivity (Wildman–Crippen MR) is 85.2 cm³/mol. The summed E-state index contributed by atoms with van der Waals surface area (Å²) in [6.07, 6.45) is 7.73. The molecule has 1 saturated carbocycles. The Morgan fingerprint density at radius 1 is 1.10 bits per heavy atom. The summed E-state index contributed by atoms with van der Waals surface area (Å²) >= 11 is 5.91. The van der Waals surface area contributed by atoms with E-state index in [1.165, 1.54) is 5.56 Å². The SMILES string of the molecule is C#Cc1cccc(NC2CC(c3ccc(Cl)cc3)C2)c1. The maximum atomic E-state index is 5.91. The summed E-state index contributed by atoms with van der Waals surface area (Å²) in [5, 5.41) is 4.34.